The van der Waals surface area contributed by atoms with Gasteiger partial charge in [-0.2, -0.15) is 0 Å². The maximum atomic E-state index is 4.44. The fraction of sp³-hybridized carbons (Fsp3) is 0.286. The molecule has 0 spiro atoms. The SMILES string of the molecule is CCc1ccnc(C(C)c2ccncc2)c1. The van der Waals surface area contributed by atoms with Crippen LogP contribution in [0.3, 0.4) is 0 Å². The van der Waals surface area contributed by atoms with E-state index in [1.807, 2.05) is 30.7 Å². The van der Waals surface area contributed by atoms with Gasteiger partial charge in [0.25, 0.3) is 0 Å². The number of rotatable bonds is 3. The van der Waals surface area contributed by atoms with E-state index in [1.165, 1.54) is 11.1 Å². The van der Waals surface area contributed by atoms with Crippen LogP contribution in [0.15, 0.2) is 42.9 Å². The Labute approximate surface area is 96.4 Å². The summed E-state index contributed by atoms with van der Waals surface area (Å²) in [6.45, 7) is 4.34. The summed E-state index contributed by atoms with van der Waals surface area (Å²) in [7, 11) is 0. The van der Waals surface area contributed by atoms with Gasteiger partial charge in [-0.15, -0.1) is 0 Å². The van der Waals surface area contributed by atoms with Crippen LogP contribution in [0.1, 0.15) is 36.6 Å². The third-order valence-electron chi connectivity index (χ3n) is 2.90. The van der Waals surface area contributed by atoms with Gasteiger partial charge in [0, 0.05) is 30.2 Å². The van der Waals surface area contributed by atoms with Crippen molar-refractivity contribution >= 4 is 0 Å². The van der Waals surface area contributed by atoms with Crippen LogP contribution >= 0.6 is 0 Å². The Bertz CT molecular complexity index is 451. The van der Waals surface area contributed by atoms with Gasteiger partial charge in [0.05, 0.1) is 0 Å². The van der Waals surface area contributed by atoms with E-state index in [0.717, 1.165) is 12.1 Å². The Balaban J connectivity index is 2.30. The smallest absolute Gasteiger partial charge is 0.0478 e. The summed E-state index contributed by atoms with van der Waals surface area (Å²) in [4.78, 5) is 8.48. The summed E-state index contributed by atoms with van der Waals surface area (Å²) >= 11 is 0. The summed E-state index contributed by atoms with van der Waals surface area (Å²) in [5, 5.41) is 0. The third-order valence-corrected chi connectivity index (χ3v) is 2.90. The molecule has 0 aliphatic heterocycles. The van der Waals surface area contributed by atoms with E-state index in [1.54, 1.807) is 0 Å². The monoisotopic (exact) mass is 212 g/mol. The lowest BCUT2D eigenvalue weighted by Gasteiger charge is -2.11. The van der Waals surface area contributed by atoms with Crippen molar-refractivity contribution in [3.63, 3.8) is 0 Å². The van der Waals surface area contributed by atoms with Gasteiger partial charge in [-0.25, -0.2) is 0 Å². The summed E-state index contributed by atoms with van der Waals surface area (Å²) in [6, 6.07) is 8.35. The zero-order valence-electron chi connectivity index (χ0n) is 9.72. The molecule has 0 radical (unpaired) electrons. The van der Waals surface area contributed by atoms with Gasteiger partial charge in [0.15, 0.2) is 0 Å². The number of pyridine rings is 2. The van der Waals surface area contributed by atoms with E-state index in [4.69, 9.17) is 0 Å². The number of hydrogen-bond acceptors (Lipinski definition) is 2. The van der Waals surface area contributed by atoms with Gasteiger partial charge in [0.2, 0.25) is 0 Å². The van der Waals surface area contributed by atoms with Crippen LogP contribution in [0.25, 0.3) is 0 Å². The lowest BCUT2D eigenvalue weighted by molar-refractivity contribution is 0.861. The van der Waals surface area contributed by atoms with E-state index < -0.39 is 0 Å². The second-order valence-electron chi connectivity index (χ2n) is 3.94. The highest BCUT2D eigenvalue weighted by molar-refractivity contribution is 5.28. The molecule has 0 bridgehead atoms. The minimum absolute atomic E-state index is 0.328. The molecule has 2 nitrogen and oxygen atoms in total. The van der Waals surface area contributed by atoms with Gasteiger partial charge in [-0.3, -0.25) is 9.97 Å². The normalized spacial score (nSPS) is 12.4. The molecule has 82 valence electrons. The molecule has 2 aromatic heterocycles. The van der Waals surface area contributed by atoms with Crippen LogP contribution in [0, 0.1) is 0 Å². The van der Waals surface area contributed by atoms with E-state index in [0.29, 0.717) is 5.92 Å². The van der Waals surface area contributed by atoms with E-state index >= 15 is 0 Å². The molecule has 0 amide bonds. The highest BCUT2D eigenvalue weighted by Gasteiger charge is 2.09. The summed E-state index contributed by atoms with van der Waals surface area (Å²) in [6.07, 6.45) is 6.61. The van der Waals surface area contributed by atoms with Gasteiger partial charge < -0.3 is 0 Å². The van der Waals surface area contributed by atoms with Crippen LogP contribution < -0.4 is 0 Å². The van der Waals surface area contributed by atoms with Gasteiger partial charge in [0.1, 0.15) is 0 Å². The Kier molecular flexibility index (Phi) is 3.30. The first kappa shape index (κ1) is 10.8. The third kappa shape index (κ3) is 2.27. The van der Waals surface area contributed by atoms with Gasteiger partial charge in [-0.1, -0.05) is 13.8 Å². The predicted octanol–water partition coefficient (Wildman–Crippen LogP) is 3.19. The zero-order valence-corrected chi connectivity index (χ0v) is 9.72. The van der Waals surface area contributed by atoms with Crippen molar-refractivity contribution in [2.45, 2.75) is 26.2 Å². The van der Waals surface area contributed by atoms with Crippen molar-refractivity contribution in [1.82, 2.24) is 9.97 Å². The number of nitrogens with zero attached hydrogens (tertiary/aromatic N) is 2. The molecule has 0 saturated heterocycles. The van der Waals surface area contributed by atoms with Crippen LogP contribution in [-0.4, -0.2) is 9.97 Å². The molecule has 2 aromatic rings. The summed E-state index contributed by atoms with van der Waals surface area (Å²) in [5.41, 5.74) is 3.73. The first-order chi connectivity index (χ1) is 7.81. The largest absolute Gasteiger partial charge is 0.265 e. The van der Waals surface area contributed by atoms with Crippen molar-refractivity contribution in [1.29, 1.82) is 0 Å². The van der Waals surface area contributed by atoms with Crippen LogP contribution in [0.2, 0.25) is 0 Å². The average molecular weight is 212 g/mol. The molecule has 0 N–H and O–H groups in total. The number of hydrogen-bond donors (Lipinski definition) is 0. The van der Waals surface area contributed by atoms with Crippen molar-refractivity contribution in [2.75, 3.05) is 0 Å². The van der Waals surface area contributed by atoms with Crippen molar-refractivity contribution in [2.24, 2.45) is 0 Å². The quantitative estimate of drug-likeness (QED) is 0.780. The molecule has 0 aromatic carbocycles. The fourth-order valence-electron chi connectivity index (χ4n) is 1.77. The van der Waals surface area contributed by atoms with E-state index in [2.05, 4.69) is 35.9 Å². The van der Waals surface area contributed by atoms with Crippen LogP contribution in [-0.2, 0) is 6.42 Å². The molecule has 1 unspecified atom stereocenters. The summed E-state index contributed by atoms with van der Waals surface area (Å²) in [5.74, 6) is 0.328. The molecule has 0 aliphatic rings. The molecular formula is C14H16N2. The maximum Gasteiger partial charge on any atom is 0.0478 e. The molecule has 1 atom stereocenters. The fourth-order valence-corrected chi connectivity index (χ4v) is 1.77. The number of aryl methyl sites for hydroxylation is 1. The van der Waals surface area contributed by atoms with Crippen molar-refractivity contribution < 1.29 is 0 Å². The Morgan fingerprint density at radius 1 is 1.12 bits per heavy atom. The molecule has 16 heavy (non-hydrogen) atoms. The first-order valence-corrected chi connectivity index (χ1v) is 5.66. The van der Waals surface area contributed by atoms with Gasteiger partial charge >= 0.3 is 0 Å². The lowest BCUT2D eigenvalue weighted by Crippen LogP contribution is -2.00. The molecule has 2 heterocycles. The van der Waals surface area contributed by atoms with Crippen molar-refractivity contribution in [3.05, 3.63) is 59.7 Å². The second kappa shape index (κ2) is 4.88. The van der Waals surface area contributed by atoms with Crippen LogP contribution in [0.5, 0.6) is 0 Å². The highest BCUT2D eigenvalue weighted by atomic mass is 14.7. The zero-order chi connectivity index (χ0) is 11.4. The minimum atomic E-state index is 0.328. The lowest BCUT2D eigenvalue weighted by atomic mass is 9.97. The molecule has 0 fully saturated rings. The molecule has 2 heteroatoms. The van der Waals surface area contributed by atoms with Gasteiger partial charge in [-0.05, 0) is 41.8 Å². The molecule has 2 rings (SSSR count). The Hall–Kier alpha value is -1.70. The first-order valence-electron chi connectivity index (χ1n) is 5.66. The second-order valence-corrected chi connectivity index (χ2v) is 3.94. The molecule has 0 aliphatic carbocycles. The summed E-state index contributed by atoms with van der Waals surface area (Å²) < 4.78 is 0. The average Bonchev–Trinajstić information content (AvgIpc) is 2.39. The number of aromatic nitrogens is 2. The highest BCUT2D eigenvalue weighted by Crippen LogP contribution is 2.22. The van der Waals surface area contributed by atoms with Crippen molar-refractivity contribution in [3.8, 4) is 0 Å². The van der Waals surface area contributed by atoms with E-state index in [9.17, 15) is 0 Å². The molecule has 0 saturated carbocycles. The van der Waals surface area contributed by atoms with E-state index in [-0.39, 0.29) is 0 Å². The Morgan fingerprint density at radius 2 is 1.88 bits per heavy atom. The maximum absolute atomic E-state index is 4.44. The standard InChI is InChI=1S/C14H16N2/c1-3-12-4-9-16-14(10-12)11(2)13-5-7-15-8-6-13/h4-11H,3H2,1-2H3. The topological polar surface area (TPSA) is 25.8 Å². The minimum Gasteiger partial charge on any atom is -0.265 e. The molecular weight excluding hydrogens is 196 g/mol. The Morgan fingerprint density at radius 3 is 2.56 bits per heavy atom. The van der Waals surface area contributed by atoms with Crippen LogP contribution in [0.4, 0.5) is 0 Å². The predicted molar refractivity (Wildman–Crippen MR) is 65.4 cm³/mol.